The van der Waals surface area contributed by atoms with Crippen LogP contribution < -0.4 is 0 Å². The van der Waals surface area contributed by atoms with Crippen LogP contribution in [0.5, 0.6) is 0 Å². The van der Waals surface area contributed by atoms with Crippen molar-refractivity contribution in [1.29, 1.82) is 0 Å². The van der Waals surface area contributed by atoms with E-state index in [-0.39, 0.29) is 5.69 Å². The number of rotatable bonds is 4. The minimum atomic E-state index is -2.54. The maximum Gasteiger partial charge on any atom is 0.282 e. The van der Waals surface area contributed by atoms with E-state index in [1.165, 1.54) is 4.68 Å². The molecule has 0 aliphatic carbocycles. The van der Waals surface area contributed by atoms with Crippen molar-refractivity contribution >= 4 is 0 Å². The molecule has 0 aliphatic rings. The van der Waals surface area contributed by atoms with Crippen molar-refractivity contribution in [3.05, 3.63) is 17.5 Å². The Morgan fingerprint density at radius 3 is 2.71 bits per heavy atom. The summed E-state index contributed by atoms with van der Waals surface area (Å²) in [5.74, 6) is 0. The lowest BCUT2D eigenvalue weighted by molar-refractivity contribution is 0.143. The molecule has 80 valence electrons. The lowest BCUT2D eigenvalue weighted by atomic mass is 10.1. The largest absolute Gasteiger partial charge is 0.393 e. The molecule has 0 aromatic carbocycles. The molecule has 1 aromatic heterocycles. The molecule has 0 aliphatic heterocycles. The topological polar surface area (TPSA) is 38.0 Å². The average Bonchev–Trinajstić information content (AvgIpc) is 2.43. The van der Waals surface area contributed by atoms with Gasteiger partial charge in [-0.05, 0) is 25.3 Å². The second-order valence-electron chi connectivity index (χ2n) is 3.40. The Morgan fingerprint density at radius 1 is 1.57 bits per heavy atom. The number of aryl methyl sites for hydroxylation is 2. The molecule has 5 heteroatoms. The summed E-state index contributed by atoms with van der Waals surface area (Å²) in [6.07, 6.45) is -0.526. The summed E-state index contributed by atoms with van der Waals surface area (Å²) in [6.45, 7) is 1.64. The zero-order valence-electron chi connectivity index (χ0n) is 8.24. The molecule has 0 fully saturated rings. The van der Waals surface area contributed by atoms with Crippen LogP contribution in [0.2, 0.25) is 0 Å². The van der Waals surface area contributed by atoms with Crippen LogP contribution >= 0.6 is 0 Å². The summed E-state index contributed by atoms with van der Waals surface area (Å²) in [4.78, 5) is 0. The van der Waals surface area contributed by atoms with Crippen LogP contribution in [-0.2, 0) is 13.5 Å². The SMILES string of the molecule is C[C@H](O)CCc1cn(C)nc1C(F)F. The molecule has 0 amide bonds. The fraction of sp³-hybridized carbons (Fsp3) is 0.667. The van der Waals surface area contributed by atoms with E-state index in [9.17, 15) is 8.78 Å². The van der Waals surface area contributed by atoms with E-state index in [0.29, 0.717) is 18.4 Å². The number of aliphatic hydroxyl groups is 1. The number of halogens is 2. The summed E-state index contributed by atoms with van der Waals surface area (Å²) in [5, 5.41) is 12.7. The number of alkyl halides is 2. The van der Waals surface area contributed by atoms with Gasteiger partial charge < -0.3 is 5.11 Å². The van der Waals surface area contributed by atoms with Gasteiger partial charge in [-0.2, -0.15) is 5.10 Å². The predicted octanol–water partition coefficient (Wildman–Crippen LogP) is 1.67. The van der Waals surface area contributed by atoms with E-state index in [4.69, 9.17) is 5.11 Å². The second-order valence-corrected chi connectivity index (χ2v) is 3.40. The van der Waals surface area contributed by atoms with E-state index < -0.39 is 12.5 Å². The van der Waals surface area contributed by atoms with Crippen molar-refractivity contribution in [1.82, 2.24) is 9.78 Å². The maximum atomic E-state index is 12.4. The fourth-order valence-electron chi connectivity index (χ4n) is 1.30. The molecule has 1 aromatic rings. The smallest absolute Gasteiger partial charge is 0.282 e. The minimum absolute atomic E-state index is 0.173. The third kappa shape index (κ3) is 2.77. The van der Waals surface area contributed by atoms with Crippen molar-refractivity contribution in [3.63, 3.8) is 0 Å². The molecule has 0 spiro atoms. The molecule has 1 N–H and O–H groups in total. The Morgan fingerprint density at radius 2 is 2.21 bits per heavy atom. The highest BCUT2D eigenvalue weighted by Crippen LogP contribution is 2.22. The number of nitrogens with zero attached hydrogens (tertiary/aromatic N) is 2. The van der Waals surface area contributed by atoms with Gasteiger partial charge in [0.25, 0.3) is 6.43 Å². The van der Waals surface area contributed by atoms with Gasteiger partial charge >= 0.3 is 0 Å². The lowest BCUT2D eigenvalue weighted by Gasteiger charge is -2.03. The molecule has 0 saturated carbocycles. The lowest BCUT2D eigenvalue weighted by Crippen LogP contribution is -2.02. The molecule has 0 bridgehead atoms. The molecule has 0 radical (unpaired) electrons. The molecule has 0 unspecified atom stereocenters. The highest BCUT2D eigenvalue weighted by molar-refractivity contribution is 5.18. The molecule has 1 heterocycles. The second kappa shape index (κ2) is 4.50. The molecular weight excluding hydrogens is 190 g/mol. The predicted molar refractivity (Wildman–Crippen MR) is 48.2 cm³/mol. The van der Waals surface area contributed by atoms with Gasteiger partial charge in [0, 0.05) is 13.2 Å². The Bertz CT molecular complexity index is 297. The van der Waals surface area contributed by atoms with E-state index in [0.717, 1.165) is 0 Å². The first-order valence-electron chi connectivity index (χ1n) is 4.49. The molecule has 1 atom stereocenters. The summed E-state index contributed by atoms with van der Waals surface area (Å²) < 4.78 is 26.2. The number of hydrogen-bond donors (Lipinski definition) is 1. The van der Waals surface area contributed by atoms with Gasteiger partial charge in [0.2, 0.25) is 0 Å². The molecule has 14 heavy (non-hydrogen) atoms. The Labute approximate surface area is 81.4 Å². The van der Waals surface area contributed by atoms with E-state index >= 15 is 0 Å². The van der Waals surface area contributed by atoms with E-state index in [1.54, 1.807) is 20.2 Å². The monoisotopic (exact) mass is 204 g/mol. The van der Waals surface area contributed by atoms with Crippen LogP contribution in [0.25, 0.3) is 0 Å². The number of aromatic nitrogens is 2. The molecule has 0 saturated heterocycles. The van der Waals surface area contributed by atoms with Crippen LogP contribution in [0.3, 0.4) is 0 Å². The standard InChI is InChI=1S/C9H14F2N2O/c1-6(14)3-4-7-5-13(2)12-8(7)9(10)11/h5-6,9,14H,3-4H2,1-2H3/t6-/m0/s1. The van der Waals surface area contributed by atoms with Crippen molar-refractivity contribution in [2.75, 3.05) is 0 Å². The first-order chi connectivity index (χ1) is 6.50. The molecular formula is C9H14F2N2O. The minimum Gasteiger partial charge on any atom is -0.393 e. The van der Waals surface area contributed by atoms with Gasteiger partial charge in [-0.3, -0.25) is 4.68 Å². The van der Waals surface area contributed by atoms with Crippen LogP contribution in [-0.4, -0.2) is 21.0 Å². The van der Waals surface area contributed by atoms with Crippen LogP contribution in [0.4, 0.5) is 8.78 Å². The van der Waals surface area contributed by atoms with Crippen molar-refractivity contribution in [3.8, 4) is 0 Å². The average molecular weight is 204 g/mol. The summed E-state index contributed by atoms with van der Waals surface area (Å²) in [7, 11) is 1.61. The van der Waals surface area contributed by atoms with Gasteiger partial charge in [0.15, 0.2) is 0 Å². The summed E-state index contributed by atoms with van der Waals surface area (Å²) in [5.41, 5.74) is 0.344. The zero-order valence-corrected chi connectivity index (χ0v) is 8.24. The van der Waals surface area contributed by atoms with E-state index in [2.05, 4.69) is 5.10 Å². The zero-order chi connectivity index (χ0) is 10.7. The first kappa shape index (κ1) is 11.1. The van der Waals surface area contributed by atoms with Crippen molar-refractivity contribution in [2.45, 2.75) is 32.3 Å². The Hall–Kier alpha value is -0.970. The van der Waals surface area contributed by atoms with Gasteiger partial charge in [-0.1, -0.05) is 0 Å². The van der Waals surface area contributed by atoms with Crippen molar-refractivity contribution in [2.24, 2.45) is 7.05 Å². The third-order valence-corrected chi connectivity index (χ3v) is 1.98. The first-order valence-corrected chi connectivity index (χ1v) is 4.49. The number of hydrogen-bond acceptors (Lipinski definition) is 2. The van der Waals surface area contributed by atoms with Gasteiger partial charge in [-0.25, -0.2) is 8.78 Å². The van der Waals surface area contributed by atoms with E-state index in [1.807, 2.05) is 0 Å². The summed E-state index contributed by atoms with van der Waals surface area (Å²) in [6, 6.07) is 0. The van der Waals surface area contributed by atoms with Gasteiger partial charge in [0.05, 0.1) is 6.10 Å². The maximum absolute atomic E-state index is 12.4. The van der Waals surface area contributed by atoms with Crippen LogP contribution in [0.15, 0.2) is 6.20 Å². The highest BCUT2D eigenvalue weighted by Gasteiger charge is 2.17. The van der Waals surface area contributed by atoms with Gasteiger partial charge in [0.1, 0.15) is 5.69 Å². The fourth-order valence-corrected chi connectivity index (χ4v) is 1.30. The Balaban J connectivity index is 2.74. The third-order valence-electron chi connectivity index (χ3n) is 1.98. The Kier molecular flexibility index (Phi) is 3.57. The molecule has 3 nitrogen and oxygen atoms in total. The summed E-state index contributed by atoms with van der Waals surface area (Å²) >= 11 is 0. The molecule has 1 rings (SSSR count). The number of aliphatic hydroxyl groups excluding tert-OH is 1. The van der Waals surface area contributed by atoms with Gasteiger partial charge in [-0.15, -0.1) is 0 Å². The quantitative estimate of drug-likeness (QED) is 0.810. The highest BCUT2D eigenvalue weighted by atomic mass is 19.3. The normalized spacial score (nSPS) is 13.6. The van der Waals surface area contributed by atoms with Crippen LogP contribution in [0, 0.1) is 0 Å². The van der Waals surface area contributed by atoms with Crippen molar-refractivity contribution < 1.29 is 13.9 Å². The van der Waals surface area contributed by atoms with Crippen LogP contribution in [0.1, 0.15) is 31.0 Å².